The Balaban J connectivity index is 1.98. The van der Waals surface area contributed by atoms with Crippen LogP contribution in [-0.2, 0) is 23.7 Å². The van der Waals surface area contributed by atoms with E-state index in [1.165, 1.54) is 0 Å². The maximum atomic E-state index is 10.3. The Hall–Kier alpha value is -0.240. The number of ether oxygens (including phenoxy) is 5. The van der Waals surface area contributed by atoms with Crippen LogP contribution in [-0.4, -0.2) is 54.5 Å². The van der Waals surface area contributed by atoms with E-state index < -0.39 is 36.2 Å². The fourth-order valence-electron chi connectivity index (χ4n) is 2.47. The van der Waals surface area contributed by atoms with E-state index in [-0.39, 0.29) is 6.10 Å². The van der Waals surface area contributed by atoms with Crippen molar-refractivity contribution in [3.8, 4) is 0 Å². The molecule has 0 amide bonds. The number of hydrogen-bond donors (Lipinski definition) is 1. The predicted octanol–water partition coefficient (Wildman–Crippen LogP) is 1.01. The van der Waals surface area contributed by atoms with Gasteiger partial charge >= 0.3 is 0 Å². The summed E-state index contributed by atoms with van der Waals surface area (Å²) in [5.74, 6) is -1.46. The minimum absolute atomic E-state index is 0.342. The second-order valence-corrected chi connectivity index (χ2v) is 5.99. The number of aliphatic hydroxyl groups excluding tert-OH is 1. The Kier molecular flexibility index (Phi) is 3.94. The van der Waals surface area contributed by atoms with E-state index in [0.29, 0.717) is 0 Å². The number of aliphatic hydroxyl groups is 1. The van der Waals surface area contributed by atoms with Crippen molar-refractivity contribution >= 4 is 0 Å². The van der Waals surface area contributed by atoms with Gasteiger partial charge in [0.2, 0.25) is 0 Å². The van der Waals surface area contributed by atoms with Crippen molar-refractivity contribution in [3.05, 3.63) is 0 Å². The Morgan fingerprint density at radius 3 is 2.42 bits per heavy atom. The summed E-state index contributed by atoms with van der Waals surface area (Å²) in [5.41, 5.74) is 0. The highest BCUT2D eigenvalue weighted by atomic mass is 16.8. The molecule has 0 aromatic carbocycles. The SMILES string of the molecule is COC(C)(C)OC(C)C1OC2OC(C)(C)O[C@H]2C1O. The summed E-state index contributed by atoms with van der Waals surface area (Å²) in [7, 11) is 1.57. The fraction of sp³-hybridized carbons (Fsp3) is 1.00. The molecule has 19 heavy (non-hydrogen) atoms. The first-order chi connectivity index (χ1) is 8.65. The highest BCUT2D eigenvalue weighted by molar-refractivity contribution is 4.95. The highest BCUT2D eigenvalue weighted by Crippen LogP contribution is 2.39. The predicted molar refractivity (Wildman–Crippen MR) is 66.3 cm³/mol. The maximum absolute atomic E-state index is 10.3. The largest absolute Gasteiger partial charge is 0.387 e. The van der Waals surface area contributed by atoms with E-state index in [9.17, 15) is 5.11 Å². The van der Waals surface area contributed by atoms with Gasteiger partial charge in [-0.3, -0.25) is 0 Å². The molecule has 1 N–H and O–H groups in total. The molecule has 0 aromatic rings. The van der Waals surface area contributed by atoms with Gasteiger partial charge in [-0.1, -0.05) is 0 Å². The third-order valence-corrected chi connectivity index (χ3v) is 3.48. The molecule has 2 aliphatic rings. The molecule has 0 saturated carbocycles. The molecule has 4 unspecified atom stereocenters. The van der Waals surface area contributed by atoms with E-state index in [1.807, 2.05) is 20.8 Å². The van der Waals surface area contributed by atoms with Crippen LogP contribution in [0, 0.1) is 0 Å². The Labute approximate surface area is 113 Å². The molecule has 2 heterocycles. The summed E-state index contributed by atoms with van der Waals surface area (Å²) < 4.78 is 27.9. The number of methoxy groups -OCH3 is 1. The summed E-state index contributed by atoms with van der Waals surface area (Å²) in [6, 6.07) is 0. The summed E-state index contributed by atoms with van der Waals surface area (Å²) in [5, 5.41) is 10.3. The van der Waals surface area contributed by atoms with Crippen molar-refractivity contribution in [2.75, 3.05) is 7.11 Å². The van der Waals surface area contributed by atoms with Gasteiger partial charge in [0.25, 0.3) is 0 Å². The average molecular weight is 276 g/mol. The van der Waals surface area contributed by atoms with Gasteiger partial charge in [-0.05, 0) is 34.6 Å². The Morgan fingerprint density at radius 1 is 1.26 bits per heavy atom. The number of rotatable bonds is 4. The van der Waals surface area contributed by atoms with Crippen LogP contribution in [0.1, 0.15) is 34.6 Å². The van der Waals surface area contributed by atoms with Gasteiger partial charge < -0.3 is 28.8 Å². The quantitative estimate of drug-likeness (QED) is 0.773. The van der Waals surface area contributed by atoms with Crippen LogP contribution in [0.25, 0.3) is 0 Å². The maximum Gasteiger partial charge on any atom is 0.190 e. The highest BCUT2D eigenvalue weighted by Gasteiger charge is 2.56. The monoisotopic (exact) mass is 276 g/mol. The zero-order valence-electron chi connectivity index (χ0n) is 12.4. The van der Waals surface area contributed by atoms with Gasteiger partial charge in [0.05, 0.1) is 6.10 Å². The molecule has 0 aliphatic carbocycles. The number of hydrogen-bond acceptors (Lipinski definition) is 6. The average Bonchev–Trinajstić information content (AvgIpc) is 2.73. The first kappa shape index (κ1) is 15.2. The molecule has 112 valence electrons. The van der Waals surface area contributed by atoms with Crippen LogP contribution in [0.5, 0.6) is 0 Å². The van der Waals surface area contributed by atoms with Crippen molar-refractivity contribution in [1.29, 1.82) is 0 Å². The molecule has 6 nitrogen and oxygen atoms in total. The van der Waals surface area contributed by atoms with Crippen molar-refractivity contribution in [1.82, 2.24) is 0 Å². The van der Waals surface area contributed by atoms with Gasteiger partial charge in [-0.15, -0.1) is 0 Å². The van der Waals surface area contributed by atoms with Crippen LogP contribution in [0.2, 0.25) is 0 Å². The summed E-state index contributed by atoms with van der Waals surface area (Å²) >= 11 is 0. The Morgan fingerprint density at radius 2 is 1.89 bits per heavy atom. The minimum atomic E-state index is -0.783. The lowest BCUT2D eigenvalue weighted by Crippen LogP contribution is -2.44. The minimum Gasteiger partial charge on any atom is -0.387 e. The summed E-state index contributed by atoms with van der Waals surface area (Å²) in [4.78, 5) is 0. The van der Waals surface area contributed by atoms with Crippen LogP contribution in [0.3, 0.4) is 0 Å². The third kappa shape index (κ3) is 3.09. The van der Waals surface area contributed by atoms with E-state index in [0.717, 1.165) is 0 Å². The first-order valence-corrected chi connectivity index (χ1v) is 6.57. The topological polar surface area (TPSA) is 66.4 Å². The van der Waals surface area contributed by atoms with Crippen LogP contribution in [0.4, 0.5) is 0 Å². The zero-order chi connectivity index (χ0) is 14.4. The summed E-state index contributed by atoms with van der Waals surface area (Å²) in [6.07, 6.45) is -2.65. The van der Waals surface area contributed by atoms with Crippen molar-refractivity contribution < 1.29 is 28.8 Å². The van der Waals surface area contributed by atoms with Crippen LogP contribution < -0.4 is 0 Å². The third-order valence-electron chi connectivity index (χ3n) is 3.48. The van der Waals surface area contributed by atoms with Crippen molar-refractivity contribution in [3.63, 3.8) is 0 Å². The van der Waals surface area contributed by atoms with E-state index in [2.05, 4.69) is 0 Å². The Bertz CT molecular complexity index is 329. The molecule has 0 spiro atoms. The van der Waals surface area contributed by atoms with E-state index in [1.54, 1.807) is 21.0 Å². The van der Waals surface area contributed by atoms with Crippen molar-refractivity contribution in [2.24, 2.45) is 0 Å². The smallest absolute Gasteiger partial charge is 0.190 e. The molecule has 0 bridgehead atoms. The molecule has 5 atom stereocenters. The lowest BCUT2D eigenvalue weighted by atomic mass is 10.1. The van der Waals surface area contributed by atoms with Gasteiger partial charge in [-0.2, -0.15) is 0 Å². The molecule has 2 aliphatic heterocycles. The molecule has 6 heteroatoms. The van der Waals surface area contributed by atoms with Crippen molar-refractivity contribution in [2.45, 2.75) is 76.9 Å². The molecule has 2 rings (SSSR count). The van der Waals surface area contributed by atoms with Gasteiger partial charge in [-0.25, -0.2) is 0 Å². The molecule has 2 fully saturated rings. The second kappa shape index (κ2) is 4.95. The molecule has 0 radical (unpaired) electrons. The normalized spacial score (nSPS) is 39.3. The van der Waals surface area contributed by atoms with Crippen LogP contribution >= 0.6 is 0 Å². The standard InChI is InChI=1S/C13H24O6/c1-7(17-12(2,3)15-6)9-8(14)10-11(16-9)19-13(4,5)18-10/h7-11,14H,1-6H3/t7?,8?,9?,10-,11?/m0/s1. The van der Waals surface area contributed by atoms with E-state index in [4.69, 9.17) is 23.7 Å². The van der Waals surface area contributed by atoms with Gasteiger partial charge in [0.1, 0.15) is 18.3 Å². The van der Waals surface area contributed by atoms with Crippen LogP contribution in [0.15, 0.2) is 0 Å². The molecule has 0 aromatic heterocycles. The second-order valence-electron chi connectivity index (χ2n) is 5.99. The summed E-state index contributed by atoms with van der Waals surface area (Å²) in [6.45, 7) is 9.04. The van der Waals surface area contributed by atoms with Gasteiger partial charge in [0, 0.05) is 7.11 Å². The zero-order valence-corrected chi connectivity index (χ0v) is 12.4. The van der Waals surface area contributed by atoms with E-state index >= 15 is 0 Å². The lowest BCUT2D eigenvalue weighted by molar-refractivity contribution is -0.267. The van der Waals surface area contributed by atoms with Gasteiger partial charge in [0.15, 0.2) is 17.9 Å². The molecular formula is C13H24O6. The first-order valence-electron chi connectivity index (χ1n) is 6.57. The molecule has 2 saturated heterocycles. The fourth-order valence-corrected chi connectivity index (χ4v) is 2.47. The number of fused-ring (bicyclic) bond motifs is 1. The lowest BCUT2D eigenvalue weighted by Gasteiger charge is -2.32. The molecular weight excluding hydrogens is 252 g/mol.